The lowest BCUT2D eigenvalue weighted by Gasteiger charge is -2.47. The van der Waals surface area contributed by atoms with E-state index in [0.717, 1.165) is 10.5 Å². The zero-order valence-corrected chi connectivity index (χ0v) is 27.0. The van der Waals surface area contributed by atoms with Crippen LogP contribution >= 0.6 is 0 Å². The van der Waals surface area contributed by atoms with Crippen molar-refractivity contribution in [1.82, 2.24) is 0 Å². The van der Waals surface area contributed by atoms with E-state index < -0.39 is 52.8 Å². The minimum Gasteiger partial charge on any atom is -0.502 e. The fourth-order valence-electron chi connectivity index (χ4n) is 8.29. The number of hydrogen-bond acceptors (Lipinski definition) is 8. The van der Waals surface area contributed by atoms with Crippen LogP contribution in [0.1, 0.15) is 35.7 Å². The van der Waals surface area contributed by atoms with Gasteiger partial charge in [-0.05, 0) is 73.7 Å². The number of carboxylic acids is 1. The number of fused-ring (bicyclic) bond motifs is 4. The number of carbonyl (C=O) groups excluding carboxylic acids is 4. The number of nitrogens with zero attached hydrogens (tertiary/aromatic N) is 2. The molecule has 0 bridgehead atoms. The van der Waals surface area contributed by atoms with E-state index in [1.807, 2.05) is 12.2 Å². The third kappa shape index (κ3) is 4.74. The maximum absolute atomic E-state index is 14.5. The van der Waals surface area contributed by atoms with Gasteiger partial charge in [-0.25, -0.2) is 9.69 Å². The first-order valence-electron chi connectivity index (χ1n) is 16.0. The number of phenolic OH excluding ortho intramolecular Hbond substituents is 1. The van der Waals surface area contributed by atoms with Crippen LogP contribution in [-0.4, -0.2) is 54.0 Å². The summed E-state index contributed by atoms with van der Waals surface area (Å²) in [5.41, 5.74) is 0.772. The van der Waals surface area contributed by atoms with Crippen molar-refractivity contribution in [3.63, 3.8) is 0 Å². The van der Waals surface area contributed by atoms with Crippen LogP contribution in [0, 0.1) is 35.0 Å². The first kappa shape index (κ1) is 31.9. The highest BCUT2D eigenvalue weighted by molar-refractivity contribution is 6.25. The smallest absolute Gasteiger partial charge is 0.335 e. The molecule has 4 amide bonds. The molecule has 4 aliphatic rings. The van der Waals surface area contributed by atoms with Gasteiger partial charge < -0.3 is 19.7 Å². The van der Waals surface area contributed by atoms with Crippen molar-refractivity contribution in [1.29, 1.82) is 0 Å². The molecule has 3 aromatic rings. The Labute approximate surface area is 282 Å². The van der Waals surface area contributed by atoms with Crippen molar-refractivity contribution < 1.29 is 43.7 Å². The second kappa shape index (κ2) is 11.8. The molecule has 250 valence electrons. The summed E-state index contributed by atoms with van der Waals surface area (Å²) in [7, 11) is 2.84. The first-order valence-corrected chi connectivity index (χ1v) is 16.0. The van der Waals surface area contributed by atoms with Crippen molar-refractivity contribution in [2.75, 3.05) is 24.0 Å². The highest BCUT2D eigenvalue weighted by atomic mass is 16.5. The number of ether oxygens (including phenoxy) is 2. The molecule has 2 aliphatic carbocycles. The van der Waals surface area contributed by atoms with Gasteiger partial charge >= 0.3 is 5.97 Å². The third-order valence-electron chi connectivity index (χ3n) is 10.7. The van der Waals surface area contributed by atoms with Crippen molar-refractivity contribution in [3.8, 4) is 17.2 Å². The van der Waals surface area contributed by atoms with E-state index in [9.17, 15) is 34.2 Å². The molecule has 0 radical (unpaired) electrons. The van der Waals surface area contributed by atoms with Gasteiger partial charge in [-0.1, -0.05) is 48.1 Å². The molecule has 2 aliphatic heterocycles. The lowest BCUT2D eigenvalue weighted by Crippen LogP contribution is -2.49. The molecule has 7 rings (SSSR count). The summed E-state index contributed by atoms with van der Waals surface area (Å²) < 4.78 is 10.7. The van der Waals surface area contributed by atoms with Gasteiger partial charge in [0.15, 0.2) is 11.5 Å². The Bertz CT molecular complexity index is 1960. The number of hydrogen-bond donors (Lipinski definition) is 2. The van der Waals surface area contributed by atoms with Crippen LogP contribution in [0.15, 0.2) is 84.5 Å². The Morgan fingerprint density at radius 3 is 2.18 bits per heavy atom. The molecule has 0 unspecified atom stereocenters. The predicted molar refractivity (Wildman–Crippen MR) is 178 cm³/mol. The SMILES string of the molecule is COc1cc(C=C[C@H]2C3=CC[C@@H]4C(=O)N(c5cccc(C(=O)O)c5)C(=O)[C@@H]4[C@@H]3C[C@H]3C(=O)N(c4ccccc4)C(=O)[C@@]23C)cc(OC)c1O. The zero-order chi connectivity index (χ0) is 34.8. The summed E-state index contributed by atoms with van der Waals surface area (Å²) in [6, 6.07) is 17.7. The molecule has 2 saturated heterocycles. The highest BCUT2D eigenvalue weighted by Crippen LogP contribution is 2.61. The minimum atomic E-state index is -1.22. The summed E-state index contributed by atoms with van der Waals surface area (Å²) in [6.07, 6.45) is 6.00. The van der Waals surface area contributed by atoms with Crippen LogP contribution in [-0.2, 0) is 19.2 Å². The molecule has 3 aromatic carbocycles. The largest absolute Gasteiger partial charge is 0.502 e. The molecule has 49 heavy (non-hydrogen) atoms. The van der Waals surface area contributed by atoms with Gasteiger partial charge in [-0.15, -0.1) is 0 Å². The number of methoxy groups -OCH3 is 2. The number of allylic oxidation sites excluding steroid dienone is 3. The van der Waals surface area contributed by atoms with Gasteiger partial charge in [0, 0.05) is 5.92 Å². The highest BCUT2D eigenvalue weighted by Gasteiger charge is 2.67. The van der Waals surface area contributed by atoms with Crippen molar-refractivity contribution >= 4 is 47.0 Å². The van der Waals surface area contributed by atoms with Crippen LogP contribution in [0.5, 0.6) is 17.2 Å². The maximum atomic E-state index is 14.5. The van der Waals surface area contributed by atoms with Crippen LogP contribution in [0.25, 0.3) is 6.08 Å². The van der Waals surface area contributed by atoms with Gasteiger partial charge in [0.1, 0.15) is 0 Å². The summed E-state index contributed by atoms with van der Waals surface area (Å²) in [4.78, 5) is 70.8. The van der Waals surface area contributed by atoms with Gasteiger partial charge in [-0.2, -0.15) is 0 Å². The maximum Gasteiger partial charge on any atom is 0.335 e. The van der Waals surface area contributed by atoms with E-state index in [2.05, 4.69) is 0 Å². The number of carbonyl (C=O) groups is 5. The number of amides is 4. The average Bonchev–Trinajstić information content (AvgIpc) is 3.48. The van der Waals surface area contributed by atoms with Crippen molar-refractivity contribution in [3.05, 3.63) is 95.6 Å². The summed E-state index contributed by atoms with van der Waals surface area (Å²) in [6.45, 7) is 1.79. The topological polar surface area (TPSA) is 151 Å². The Hall–Kier alpha value is -5.71. The van der Waals surface area contributed by atoms with Crippen molar-refractivity contribution in [2.24, 2.45) is 35.0 Å². The number of rotatable bonds is 7. The van der Waals surface area contributed by atoms with E-state index in [1.54, 1.807) is 55.5 Å². The third-order valence-corrected chi connectivity index (χ3v) is 10.7. The van der Waals surface area contributed by atoms with E-state index in [0.29, 0.717) is 11.3 Å². The predicted octanol–water partition coefficient (Wildman–Crippen LogP) is 5.09. The van der Waals surface area contributed by atoms with Crippen LogP contribution < -0.4 is 19.3 Å². The normalized spacial score (nSPS) is 27.6. The lowest BCUT2D eigenvalue weighted by molar-refractivity contribution is -0.132. The fraction of sp³-hybridized carbons (Fsp3) is 0.289. The number of aromatic carboxylic acids is 1. The average molecular weight is 663 g/mol. The molecule has 6 atom stereocenters. The number of aromatic hydroxyl groups is 1. The van der Waals surface area contributed by atoms with Gasteiger partial charge in [0.25, 0.3) is 0 Å². The van der Waals surface area contributed by atoms with Gasteiger partial charge in [0.2, 0.25) is 29.4 Å². The molecule has 3 fully saturated rings. The number of benzene rings is 3. The van der Waals surface area contributed by atoms with Crippen LogP contribution in [0.3, 0.4) is 0 Å². The molecule has 11 nitrogen and oxygen atoms in total. The number of para-hydroxylation sites is 1. The summed E-state index contributed by atoms with van der Waals surface area (Å²) in [5, 5.41) is 20.0. The molecule has 2 heterocycles. The Morgan fingerprint density at radius 1 is 0.857 bits per heavy atom. The molecule has 11 heteroatoms. The molecule has 0 spiro atoms. The standard InChI is InChI=1S/C38H34N2O9/c1-38-27(15-12-20-16-29(48-2)32(41)30(17-20)49-3)24-13-14-25-31(35(44)39(33(25)42)23-11-7-8-21(18-23)36(45)46)26(24)19-28(38)34(43)40(37(38)47)22-9-5-4-6-10-22/h4-13,15-18,25-28,31,41H,14,19H2,1-3H3,(H,45,46)/t25-,26+,27-,28-,31-,38-/m0/s1. The second-order valence-electron chi connectivity index (χ2n) is 13.0. The number of carboxylic acid groups (broad SMARTS) is 1. The summed E-state index contributed by atoms with van der Waals surface area (Å²) in [5.74, 6) is -6.04. The fourth-order valence-corrected chi connectivity index (χ4v) is 8.29. The monoisotopic (exact) mass is 662 g/mol. The first-order chi connectivity index (χ1) is 23.5. The van der Waals surface area contributed by atoms with Crippen LogP contribution in [0.2, 0.25) is 0 Å². The number of imide groups is 2. The van der Waals surface area contributed by atoms with Crippen molar-refractivity contribution in [2.45, 2.75) is 19.8 Å². The Morgan fingerprint density at radius 2 is 1.53 bits per heavy atom. The van der Waals surface area contributed by atoms with Crippen LogP contribution in [0.4, 0.5) is 11.4 Å². The van der Waals surface area contributed by atoms with E-state index in [1.165, 1.54) is 43.4 Å². The molecule has 2 N–H and O–H groups in total. The Balaban J connectivity index is 1.33. The Kier molecular flexibility index (Phi) is 7.65. The minimum absolute atomic E-state index is 0.0519. The van der Waals surface area contributed by atoms with E-state index in [-0.39, 0.29) is 53.2 Å². The molecule has 1 saturated carbocycles. The molecular weight excluding hydrogens is 628 g/mol. The quantitative estimate of drug-likeness (QED) is 0.261. The lowest BCUT2D eigenvalue weighted by atomic mass is 9.52. The summed E-state index contributed by atoms with van der Waals surface area (Å²) >= 11 is 0. The van der Waals surface area contributed by atoms with Gasteiger partial charge in [0.05, 0.1) is 54.3 Å². The zero-order valence-electron chi connectivity index (χ0n) is 27.0. The van der Waals surface area contributed by atoms with Gasteiger partial charge in [-0.3, -0.25) is 24.1 Å². The molecular formula is C38H34N2O9. The van der Waals surface area contributed by atoms with E-state index >= 15 is 0 Å². The number of anilines is 2. The molecule has 0 aromatic heterocycles. The number of phenols is 1. The second-order valence-corrected chi connectivity index (χ2v) is 13.0. The van der Waals surface area contributed by atoms with E-state index in [4.69, 9.17) is 9.47 Å².